The van der Waals surface area contributed by atoms with Gasteiger partial charge in [0.15, 0.2) is 0 Å². The fraction of sp³-hybridized carbons (Fsp3) is 0. The average molecular weight is 309 g/mol. The third-order valence-corrected chi connectivity index (χ3v) is 2.66. The molecule has 0 saturated heterocycles. The minimum absolute atomic E-state index is 0.0231. The fourth-order valence-corrected chi connectivity index (χ4v) is 1.69. The van der Waals surface area contributed by atoms with Crippen molar-refractivity contribution in [2.24, 2.45) is 5.11 Å². The zero-order valence-corrected chi connectivity index (χ0v) is 11.0. The minimum atomic E-state index is -0.652. The van der Waals surface area contributed by atoms with Gasteiger partial charge in [-0.2, -0.15) is 0 Å². The summed E-state index contributed by atoms with van der Waals surface area (Å²) in [4.78, 5) is 12.7. The van der Waals surface area contributed by atoms with Crippen LogP contribution >= 0.6 is 11.6 Å². The van der Waals surface area contributed by atoms with Crippen LogP contribution in [-0.2, 0) is 0 Å². The minimum Gasteiger partial charge on any atom is -0.457 e. The third-order valence-electron chi connectivity index (χ3n) is 2.37. The summed E-state index contributed by atoms with van der Waals surface area (Å²) in [7, 11) is 0. The van der Waals surface area contributed by atoms with Gasteiger partial charge in [0.05, 0.1) is 16.0 Å². The molecule has 0 fully saturated rings. The maximum absolute atomic E-state index is 13.0. The second kappa shape index (κ2) is 6.08. The van der Waals surface area contributed by atoms with Crippen molar-refractivity contribution in [1.82, 2.24) is 0 Å². The van der Waals surface area contributed by atoms with Gasteiger partial charge in [0.2, 0.25) is 0 Å². The zero-order valence-electron chi connectivity index (χ0n) is 10.2. The molecule has 0 amide bonds. The van der Waals surface area contributed by atoms with Gasteiger partial charge in [0, 0.05) is 22.7 Å². The van der Waals surface area contributed by atoms with Crippen molar-refractivity contribution in [1.29, 1.82) is 0 Å². The number of nitro groups is 1. The number of halogens is 2. The molecule has 2 aromatic rings. The van der Waals surface area contributed by atoms with E-state index in [2.05, 4.69) is 10.0 Å². The zero-order chi connectivity index (χ0) is 15.4. The van der Waals surface area contributed by atoms with Gasteiger partial charge in [-0.1, -0.05) is 16.7 Å². The van der Waals surface area contributed by atoms with Crippen molar-refractivity contribution in [3.63, 3.8) is 0 Å². The van der Waals surface area contributed by atoms with Crippen molar-refractivity contribution in [2.45, 2.75) is 0 Å². The number of nitrogens with zero attached hydrogens (tertiary/aromatic N) is 4. The van der Waals surface area contributed by atoms with E-state index in [9.17, 15) is 14.5 Å². The quantitative estimate of drug-likeness (QED) is 0.257. The Kier molecular flexibility index (Phi) is 4.22. The van der Waals surface area contributed by atoms with Gasteiger partial charge >= 0.3 is 0 Å². The molecule has 0 saturated carbocycles. The first-order valence-corrected chi connectivity index (χ1v) is 5.85. The number of benzene rings is 2. The SMILES string of the molecule is [N-]=[N+]=Nc1cc(Oc2ccc(F)c(Cl)c2)cc([N+](=O)[O-])c1. The second-order valence-electron chi connectivity index (χ2n) is 3.81. The largest absolute Gasteiger partial charge is 0.457 e. The van der Waals surface area contributed by atoms with Crippen LogP contribution in [0.25, 0.3) is 10.4 Å². The summed E-state index contributed by atoms with van der Waals surface area (Å²) in [6, 6.07) is 7.20. The first-order chi connectivity index (χ1) is 9.99. The first kappa shape index (κ1) is 14.6. The van der Waals surface area contributed by atoms with Gasteiger partial charge < -0.3 is 4.74 Å². The number of non-ortho nitro benzene ring substituents is 1. The molecule has 7 nitrogen and oxygen atoms in total. The Bertz CT molecular complexity index is 742. The molecular weight excluding hydrogens is 303 g/mol. The Morgan fingerprint density at radius 1 is 1.29 bits per heavy atom. The maximum Gasteiger partial charge on any atom is 0.273 e. The summed E-state index contributed by atoms with van der Waals surface area (Å²) < 4.78 is 18.4. The standard InChI is InChI=1S/C12H6ClFN4O3/c13-11-6-9(1-2-12(11)14)21-10-4-7(16-17-15)3-8(5-10)18(19)20/h1-6H. The second-order valence-corrected chi connectivity index (χ2v) is 4.22. The molecule has 106 valence electrons. The Balaban J connectivity index is 2.40. The molecule has 9 heteroatoms. The number of hydrogen-bond acceptors (Lipinski definition) is 4. The van der Waals surface area contributed by atoms with Crippen LogP contribution in [0.2, 0.25) is 5.02 Å². The lowest BCUT2D eigenvalue weighted by molar-refractivity contribution is -0.384. The van der Waals surface area contributed by atoms with Crippen LogP contribution in [0.5, 0.6) is 11.5 Å². The van der Waals surface area contributed by atoms with E-state index in [4.69, 9.17) is 21.9 Å². The van der Waals surface area contributed by atoms with Crippen LogP contribution in [-0.4, -0.2) is 4.92 Å². The average Bonchev–Trinajstić information content (AvgIpc) is 2.43. The Hall–Kier alpha value is -2.83. The smallest absolute Gasteiger partial charge is 0.273 e. The normalized spacial score (nSPS) is 9.81. The van der Waals surface area contributed by atoms with E-state index >= 15 is 0 Å². The molecule has 0 aliphatic carbocycles. The van der Waals surface area contributed by atoms with Crippen LogP contribution in [0.1, 0.15) is 0 Å². The molecular formula is C12H6ClFN4O3. The summed E-state index contributed by atoms with van der Waals surface area (Å²) in [6.45, 7) is 0. The third kappa shape index (κ3) is 3.59. The number of azide groups is 1. The molecule has 0 aliphatic rings. The van der Waals surface area contributed by atoms with Crippen molar-refractivity contribution in [3.05, 3.63) is 67.8 Å². The van der Waals surface area contributed by atoms with E-state index in [1.165, 1.54) is 18.2 Å². The predicted octanol–water partition coefficient (Wildman–Crippen LogP) is 5.12. The van der Waals surface area contributed by atoms with Crippen molar-refractivity contribution >= 4 is 23.0 Å². The van der Waals surface area contributed by atoms with Crippen molar-refractivity contribution in [3.8, 4) is 11.5 Å². The Morgan fingerprint density at radius 3 is 2.67 bits per heavy atom. The lowest BCUT2D eigenvalue weighted by Crippen LogP contribution is -1.90. The summed E-state index contributed by atoms with van der Waals surface area (Å²) in [6.07, 6.45) is 0. The molecule has 0 aromatic heterocycles. The summed E-state index contributed by atoms with van der Waals surface area (Å²) in [5.41, 5.74) is 8.11. The van der Waals surface area contributed by atoms with E-state index in [0.29, 0.717) is 0 Å². The highest BCUT2D eigenvalue weighted by atomic mass is 35.5. The number of rotatable bonds is 4. The molecule has 0 spiro atoms. The van der Waals surface area contributed by atoms with E-state index in [-0.39, 0.29) is 27.9 Å². The van der Waals surface area contributed by atoms with Gasteiger partial charge in [-0.3, -0.25) is 10.1 Å². The summed E-state index contributed by atoms with van der Waals surface area (Å²) in [5.74, 6) is -0.360. The van der Waals surface area contributed by atoms with Gasteiger partial charge in [-0.05, 0) is 23.7 Å². The molecule has 2 aromatic carbocycles. The van der Waals surface area contributed by atoms with E-state index in [1.54, 1.807) is 0 Å². The van der Waals surface area contributed by atoms with Crippen LogP contribution in [0.4, 0.5) is 15.8 Å². The summed E-state index contributed by atoms with van der Waals surface area (Å²) >= 11 is 5.61. The van der Waals surface area contributed by atoms with Crippen LogP contribution in [0.15, 0.2) is 41.5 Å². The van der Waals surface area contributed by atoms with Crippen LogP contribution in [0, 0.1) is 15.9 Å². The molecule has 0 unspecified atom stereocenters. The Labute approximate surface area is 122 Å². The number of hydrogen-bond donors (Lipinski definition) is 0. The van der Waals surface area contributed by atoms with Crippen molar-refractivity contribution < 1.29 is 14.1 Å². The molecule has 0 aliphatic heterocycles. The maximum atomic E-state index is 13.0. The van der Waals surface area contributed by atoms with Crippen LogP contribution in [0.3, 0.4) is 0 Å². The summed E-state index contributed by atoms with van der Waals surface area (Å²) in [5, 5.41) is 14.0. The predicted molar refractivity (Wildman–Crippen MR) is 73.4 cm³/mol. The number of nitro benzene ring substituents is 1. The van der Waals surface area contributed by atoms with Gasteiger partial charge in [-0.25, -0.2) is 4.39 Å². The monoisotopic (exact) mass is 308 g/mol. The lowest BCUT2D eigenvalue weighted by atomic mass is 10.2. The highest BCUT2D eigenvalue weighted by Gasteiger charge is 2.11. The molecule has 0 heterocycles. The highest BCUT2D eigenvalue weighted by molar-refractivity contribution is 6.30. The van der Waals surface area contributed by atoms with E-state index in [1.807, 2.05) is 0 Å². The van der Waals surface area contributed by atoms with Gasteiger partial charge in [0.25, 0.3) is 5.69 Å². The van der Waals surface area contributed by atoms with Gasteiger partial charge in [-0.15, -0.1) is 0 Å². The molecule has 0 atom stereocenters. The van der Waals surface area contributed by atoms with Gasteiger partial charge in [0.1, 0.15) is 17.3 Å². The molecule has 0 N–H and O–H groups in total. The lowest BCUT2D eigenvalue weighted by Gasteiger charge is -2.07. The first-order valence-electron chi connectivity index (χ1n) is 5.47. The fourth-order valence-electron chi connectivity index (χ4n) is 1.52. The van der Waals surface area contributed by atoms with Crippen LogP contribution < -0.4 is 4.74 Å². The number of ether oxygens (including phenoxy) is 1. The topological polar surface area (TPSA) is 101 Å². The highest BCUT2D eigenvalue weighted by Crippen LogP contribution is 2.32. The molecule has 0 bridgehead atoms. The molecule has 21 heavy (non-hydrogen) atoms. The van der Waals surface area contributed by atoms with E-state index in [0.717, 1.165) is 18.2 Å². The van der Waals surface area contributed by atoms with Crippen molar-refractivity contribution in [2.75, 3.05) is 0 Å². The van der Waals surface area contributed by atoms with E-state index < -0.39 is 10.7 Å². The molecule has 0 radical (unpaired) electrons. The molecule has 2 rings (SSSR count). The Morgan fingerprint density at radius 2 is 2.05 bits per heavy atom.